The van der Waals surface area contributed by atoms with Crippen LogP contribution in [0.25, 0.3) is 0 Å². The van der Waals surface area contributed by atoms with Crippen LogP contribution < -0.4 is 10.1 Å². The fourth-order valence-corrected chi connectivity index (χ4v) is 2.39. The van der Waals surface area contributed by atoms with Crippen LogP contribution in [0.5, 0.6) is 5.75 Å². The van der Waals surface area contributed by atoms with Gasteiger partial charge in [-0.15, -0.1) is 0 Å². The van der Waals surface area contributed by atoms with Gasteiger partial charge in [-0.05, 0) is 49.4 Å². The largest absolute Gasteiger partial charge is 0.497 e. The molecule has 0 heterocycles. The highest BCUT2D eigenvalue weighted by Gasteiger charge is 2.25. The van der Waals surface area contributed by atoms with Crippen LogP contribution in [0, 0.1) is 12.8 Å². The van der Waals surface area contributed by atoms with Gasteiger partial charge in [-0.2, -0.15) is 0 Å². The Balaban J connectivity index is 2.85. The topological polar surface area (TPSA) is 75.6 Å². The van der Waals surface area contributed by atoms with E-state index in [0.29, 0.717) is 6.42 Å². The summed E-state index contributed by atoms with van der Waals surface area (Å²) in [7, 11) is 1.59. The molecule has 2 N–H and O–H groups in total. The van der Waals surface area contributed by atoms with E-state index in [2.05, 4.69) is 5.32 Å². The van der Waals surface area contributed by atoms with Gasteiger partial charge >= 0.3 is 5.97 Å². The average Bonchev–Trinajstić information content (AvgIpc) is 2.44. The van der Waals surface area contributed by atoms with Crippen molar-refractivity contribution in [2.45, 2.75) is 46.1 Å². The van der Waals surface area contributed by atoms with Crippen molar-refractivity contribution in [1.82, 2.24) is 5.32 Å². The first-order valence-corrected chi connectivity index (χ1v) is 7.44. The van der Waals surface area contributed by atoms with Crippen LogP contribution in [-0.4, -0.2) is 30.1 Å². The molecule has 122 valence electrons. The number of amides is 1. The molecule has 0 aromatic heterocycles. The number of benzene rings is 1. The van der Waals surface area contributed by atoms with Crippen LogP contribution in [0.15, 0.2) is 18.2 Å². The van der Waals surface area contributed by atoms with Gasteiger partial charge in [0.1, 0.15) is 11.8 Å². The summed E-state index contributed by atoms with van der Waals surface area (Å²) in [6, 6.07) is 4.65. The molecule has 2 unspecified atom stereocenters. The summed E-state index contributed by atoms with van der Waals surface area (Å²) in [5, 5.41) is 11.8. The van der Waals surface area contributed by atoms with Crippen LogP contribution >= 0.6 is 0 Å². The summed E-state index contributed by atoms with van der Waals surface area (Å²) in [6.07, 6.45) is 0.412. The Bertz CT molecular complexity index is 539. The molecule has 1 aromatic rings. The Morgan fingerprint density at radius 3 is 2.36 bits per heavy atom. The molecule has 0 aliphatic rings. The smallest absolute Gasteiger partial charge is 0.326 e. The van der Waals surface area contributed by atoms with Crippen LogP contribution in [-0.2, 0) is 9.59 Å². The SMILES string of the molecule is COc1ccc(C(C)C(=O)NC(CC(C)C)C(=O)O)c(C)c1. The van der Waals surface area contributed by atoms with Crippen molar-refractivity contribution < 1.29 is 19.4 Å². The van der Waals surface area contributed by atoms with E-state index in [1.807, 2.05) is 32.9 Å². The summed E-state index contributed by atoms with van der Waals surface area (Å²) >= 11 is 0. The minimum absolute atomic E-state index is 0.194. The molecule has 0 spiro atoms. The summed E-state index contributed by atoms with van der Waals surface area (Å²) < 4.78 is 5.15. The second kappa shape index (κ2) is 7.82. The third kappa shape index (κ3) is 4.76. The molecule has 1 aromatic carbocycles. The lowest BCUT2D eigenvalue weighted by molar-refractivity contribution is -0.142. The molecule has 0 radical (unpaired) electrons. The van der Waals surface area contributed by atoms with E-state index in [9.17, 15) is 14.7 Å². The maximum atomic E-state index is 12.3. The number of nitrogens with one attached hydrogen (secondary N) is 1. The Labute approximate surface area is 131 Å². The zero-order valence-electron chi connectivity index (χ0n) is 13.8. The molecule has 5 nitrogen and oxygen atoms in total. The van der Waals surface area contributed by atoms with Gasteiger partial charge in [-0.1, -0.05) is 19.9 Å². The summed E-state index contributed by atoms with van der Waals surface area (Å²) in [5.74, 6) is -0.765. The minimum Gasteiger partial charge on any atom is -0.497 e. The first-order chi connectivity index (χ1) is 10.3. The quantitative estimate of drug-likeness (QED) is 0.812. The maximum Gasteiger partial charge on any atom is 0.326 e. The lowest BCUT2D eigenvalue weighted by atomic mass is 9.94. The molecule has 0 saturated carbocycles. The normalized spacial score (nSPS) is 13.5. The zero-order chi connectivity index (χ0) is 16.9. The van der Waals surface area contributed by atoms with E-state index in [1.54, 1.807) is 20.1 Å². The average molecular weight is 307 g/mol. The third-order valence-electron chi connectivity index (χ3n) is 3.66. The van der Waals surface area contributed by atoms with Crippen LogP contribution in [0.1, 0.15) is 44.2 Å². The van der Waals surface area contributed by atoms with Crippen molar-refractivity contribution >= 4 is 11.9 Å². The molecule has 0 aliphatic heterocycles. The van der Waals surface area contributed by atoms with E-state index >= 15 is 0 Å². The number of methoxy groups -OCH3 is 1. The van der Waals surface area contributed by atoms with E-state index in [-0.39, 0.29) is 11.8 Å². The van der Waals surface area contributed by atoms with Crippen molar-refractivity contribution in [1.29, 1.82) is 0 Å². The van der Waals surface area contributed by atoms with Gasteiger partial charge in [0.15, 0.2) is 0 Å². The minimum atomic E-state index is -0.999. The van der Waals surface area contributed by atoms with Crippen LogP contribution in [0.2, 0.25) is 0 Å². The molecule has 1 rings (SSSR count). The third-order valence-corrected chi connectivity index (χ3v) is 3.66. The van der Waals surface area contributed by atoms with Crippen molar-refractivity contribution in [2.24, 2.45) is 5.92 Å². The zero-order valence-corrected chi connectivity index (χ0v) is 13.8. The molecule has 0 fully saturated rings. The summed E-state index contributed by atoms with van der Waals surface area (Å²) in [5.41, 5.74) is 1.81. The first kappa shape index (κ1) is 18.0. The highest BCUT2D eigenvalue weighted by Crippen LogP contribution is 2.24. The second-order valence-corrected chi connectivity index (χ2v) is 5.97. The number of ether oxygens (including phenoxy) is 1. The van der Waals surface area contributed by atoms with E-state index in [4.69, 9.17) is 4.74 Å². The Hall–Kier alpha value is -2.04. The molecule has 0 aliphatic carbocycles. The number of aryl methyl sites for hydroxylation is 1. The highest BCUT2D eigenvalue weighted by molar-refractivity contribution is 5.88. The van der Waals surface area contributed by atoms with E-state index in [1.165, 1.54) is 0 Å². The lowest BCUT2D eigenvalue weighted by Crippen LogP contribution is -2.43. The Morgan fingerprint density at radius 1 is 1.27 bits per heavy atom. The standard InChI is InChI=1S/C17H25NO4/c1-10(2)8-15(17(20)21)18-16(19)12(4)14-7-6-13(22-5)9-11(14)3/h6-7,9-10,12,15H,8H2,1-5H3,(H,18,19)(H,20,21). The van der Waals surface area contributed by atoms with Crippen molar-refractivity contribution in [2.75, 3.05) is 7.11 Å². The molecule has 5 heteroatoms. The Kier molecular flexibility index (Phi) is 6.40. The number of carbonyl (C=O) groups is 2. The first-order valence-electron chi connectivity index (χ1n) is 7.44. The van der Waals surface area contributed by atoms with Gasteiger partial charge in [0.25, 0.3) is 0 Å². The van der Waals surface area contributed by atoms with Gasteiger partial charge in [0, 0.05) is 0 Å². The molecule has 22 heavy (non-hydrogen) atoms. The summed E-state index contributed by atoms with van der Waals surface area (Å²) in [4.78, 5) is 23.6. The van der Waals surface area contributed by atoms with Crippen molar-refractivity contribution in [3.8, 4) is 5.75 Å². The predicted molar refractivity (Wildman–Crippen MR) is 85.2 cm³/mol. The number of aliphatic carboxylic acids is 1. The van der Waals surface area contributed by atoms with Gasteiger partial charge in [-0.25, -0.2) is 4.79 Å². The van der Waals surface area contributed by atoms with Gasteiger partial charge in [0.05, 0.1) is 13.0 Å². The van der Waals surface area contributed by atoms with E-state index in [0.717, 1.165) is 16.9 Å². The molecule has 2 atom stereocenters. The molecule has 1 amide bonds. The number of hydrogen-bond donors (Lipinski definition) is 2. The lowest BCUT2D eigenvalue weighted by Gasteiger charge is -2.20. The van der Waals surface area contributed by atoms with Crippen molar-refractivity contribution in [3.63, 3.8) is 0 Å². The van der Waals surface area contributed by atoms with Gasteiger partial charge < -0.3 is 15.2 Å². The van der Waals surface area contributed by atoms with E-state index < -0.39 is 17.9 Å². The molecule has 0 bridgehead atoms. The molecular weight excluding hydrogens is 282 g/mol. The van der Waals surface area contributed by atoms with Crippen molar-refractivity contribution in [3.05, 3.63) is 29.3 Å². The fraction of sp³-hybridized carbons (Fsp3) is 0.529. The highest BCUT2D eigenvalue weighted by atomic mass is 16.5. The van der Waals surface area contributed by atoms with Gasteiger partial charge in [-0.3, -0.25) is 4.79 Å². The van der Waals surface area contributed by atoms with Crippen LogP contribution in [0.3, 0.4) is 0 Å². The second-order valence-electron chi connectivity index (χ2n) is 5.97. The number of rotatable bonds is 7. The van der Waals surface area contributed by atoms with Gasteiger partial charge in [0.2, 0.25) is 5.91 Å². The number of carboxylic acids is 1. The van der Waals surface area contributed by atoms with Crippen LogP contribution in [0.4, 0.5) is 0 Å². The Morgan fingerprint density at radius 2 is 1.91 bits per heavy atom. The monoisotopic (exact) mass is 307 g/mol. The maximum absolute atomic E-state index is 12.3. The summed E-state index contributed by atoms with van der Waals surface area (Å²) in [6.45, 7) is 7.54. The fourth-order valence-electron chi connectivity index (χ4n) is 2.39. The number of carbonyl (C=O) groups excluding carboxylic acids is 1. The molecule has 0 saturated heterocycles. The number of hydrogen-bond acceptors (Lipinski definition) is 3. The predicted octanol–water partition coefficient (Wildman–Crippen LogP) is 2.72. The number of carboxylic acid groups (broad SMARTS) is 1. The molecular formula is C17H25NO4.